The highest BCUT2D eigenvalue weighted by molar-refractivity contribution is 7.19. The van der Waals surface area contributed by atoms with Gasteiger partial charge in [0.15, 0.2) is 0 Å². The number of morpholine rings is 1. The van der Waals surface area contributed by atoms with Crippen molar-refractivity contribution in [2.75, 3.05) is 37.8 Å². The quantitative estimate of drug-likeness (QED) is 0.743. The first-order chi connectivity index (χ1) is 13.5. The third-order valence-corrected chi connectivity index (χ3v) is 6.15. The van der Waals surface area contributed by atoms with Crippen LogP contribution in [0, 0.1) is 11.3 Å². The highest BCUT2D eigenvalue weighted by Crippen LogP contribution is 2.44. The summed E-state index contributed by atoms with van der Waals surface area (Å²) in [4.78, 5) is 15.3. The Morgan fingerprint density at radius 3 is 2.75 bits per heavy atom. The van der Waals surface area contributed by atoms with Crippen molar-refractivity contribution in [3.63, 3.8) is 0 Å². The maximum atomic E-state index is 12.9. The average molecular weight is 440 g/mol. The molecule has 0 saturated carbocycles. The molecule has 28 heavy (non-hydrogen) atoms. The van der Waals surface area contributed by atoms with Gasteiger partial charge in [0.05, 0.1) is 25.4 Å². The van der Waals surface area contributed by atoms with Crippen LogP contribution in [-0.4, -0.2) is 50.0 Å². The number of anilines is 1. The lowest BCUT2D eigenvalue weighted by Crippen LogP contribution is -2.36. The van der Waals surface area contributed by atoms with Gasteiger partial charge in [-0.3, -0.25) is 4.79 Å². The number of benzene rings is 1. The van der Waals surface area contributed by atoms with E-state index >= 15 is 0 Å². The molecule has 1 atom stereocenters. The van der Waals surface area contributed by atoms with Crippen LogP contribution in [0.5, 0.6) is 0 Å². The second kappa shape index (κ2) is 9.12. The van der Waals surface area contributed by atoms with E-state index in [1.165, 1.54) is 11.3 Å². The topological polar surface area (TPSA) is 85.6 Å². The Morgan fingerprint density at radius 1 is 1.43 bits per heavy atom. The maximum absolute atomic E-state index is 12.9. The zero-order chi connectivity index (χ0) is 20.3. The Kier molecular flexibility index (Phi) is 6.81. The molecule has 1 saturated heterocycles. The van der Waals surface area contributed by atoms with Crippen LogP contribution >= 0.6 is 34.5 Å². The van der Waals surface area contributed by atoms with Gasteiger partial charge in [-0.05, 0) is 19.1 Å². The van der Waals surface area contributed by atoms with Crippen LogP contribution in [0.2, 0.25) is 10.0 Å². The Morgan fingerprint density at radius 2 is 2.14 bits per heavy atom. The number of aliphatic hydroxyl groups excluding tert-OH is 1. The molecule has 1 aromatic carbocycles. The van der Waals surface area contributed by atoms with E-state index in [1.807, 2.05) is 4.90 Å². The van der Waals surface area contributed by atoms with Gasteiger partial charge in [0.1, 0.15) is 15.9 Å². The number of thiophene rings is 1. The summed E-state index contributed by atoms with van der Waals surface area (Å²) in [7, 11) is 0. The number of aliphatic hydroxyl groups is 1. The van der Waals surface area contributed by atoms with Gasteiger partial charge in [-0.25, -0.2) is 0 Å². The summed E-state index contributed by atoms with van der Waals surface area (Å²) in [5.41, 5.74) is 1.45. The smallest absolute Gasteiger partial charge is 0.262 e. The lowest BCUT2D eigenvalue weighted by molar-refractivity contribution is 0.0927. The number of nitrogens with one attached hydrogen (secondary N) is 1. The summed E-state index contributed by atoms with van der Waals surface area (Å²) in [5, 5.41) is 23.5. The van der Waals surface area contributed by atoms with Crippen molar-refractivity contribution < 1.29 is 14.6 Å². The number of amides is 1. The second-order valence-corrected chi connectivity index (χ2v) is 8.22. The SMILES string of the molecule is CC(CO)NC(=O)c1sc(N2CCOCC2)c(C#N)c1-c1ccc(Cl)cc1Cl. The predicted molar refractivity (Wildman–Crippen MR) is 112 cm³/mol. The summed E-state index contributed by atoms with van der Waals surface area (Å²) in [6.07, 6.45) is 0. The first-order valence-electron chi connectivity index (χ1n) is 8.73. The second-order valence-electron chi connectivity index (χ2n) is 6.38. The number of nitriles is 1. The molecule has 1 aliphatic heterocycles. The van der Waals surface area contributed by atoms with Crippen LogP contribution in [0.4, 0.5) is 5.00 Å². The Bertz CT molecular complexity index is 920. The third kappa shape index (κ3) is 4.27. The van der Waals surface area contributed by atoms with Gasteiger partial charge in [-0.15, -0.1) is 11.3 Å². The molecule has 0 aliphatic carbocycles. The van der Waals surface area contributed by atoms with Crippen molar-refractivity contribution in [2.24, 2.45) is 0 Å². The Labute approximate surface area is 177 Å². The molecule has 1 aliphatic rings. The fourth-order valence-corrected chi connectivity index (χ4v) is 4.68. The lowest BCUT2D eigenvalue weighted by Gasteiger charge is -2.27. The van der Waals surface area contributed by atoms with E-state index in [-0.39, 0.29) is 12.5 Å². The highest BCUT2D eigenvalue weighted by Gasteiger charge is 2.29. The molecule has 3 rings (SSSR count). The lowest BCUT2D eigenvalue weighted by atomic mass is 10.0. The standard InChI is InChI=1S/C19H19Cl2N3O3S/c1-11(10-25)23-18(26)17-16(13-3-2-12(20)8-15(13)21)14(9-22)19(28-17)24-4-6-27-7-5-24/h2-3,8,11,25H,4-7,10H2,1H3,(H,23,26). The highest BCUT2D eigenvalue weighted by atomic mass is 35.5. The minimum absolute atomic E-state index is 0.185. The Hall–Kier alpha value is -1.82. The van der Waals surface area contributed by atoms with Crippen molar-refractivity contribution in [3.05, 3.63) is 38.7 Å². The molecule has 2 N–H and O–H groups in total. The first-order valence-corrected chi connectivity index (χ1v) is 10.3. The molecule has 0 bridgehead atoms. The molecule has 2 aromatic rings. The number of halogens is 2. The van der Waals surface area contributed by atoms with E-state index in [0.29, 0.717) is 62.9 Å². The van der Waals surface area contributed by atoms with Crippen molar-refractivity contribution in [1.82, 2.24) is 5.32 Å². The summed E-state index contributed by atoms with van der Waals surface area (Å²) < 4.78 is 5.40. The zero-order valence-electron chi connectivity index (χ0n) is 15.2. The molecule has 0 spiro atoms. The van der Waals surface area contributed by atoms with Gasteiger partial charge in [0.25, 0.3) is 5.91 Å². The van der Waals surface area contributed by atoms with E-state index in [1.54, 1.807) is 25.1 Å². The van der Waals surface area contributed by atoms with Gasteiger partial charge in [-0.1, -0.05) is 29.3 Å². The van der Waals surface area contributed by atoms with E-state index in [0.717, 1.165) is 0 Å². The molecule has 0 radical (unpaired) electrons. The van der Waals surface area contributed by atoms with Crippen LogP contribution in [0.1, 0.15) is 22.2 Å². The van der Waals surface area contributed by atoms with E-state index in [9.17, 15) is 15.2 Å². The molecule has 1 unspecified atom stereocenters. The number of nitrogens with zero attached hydrogens (tertiary/aromatic N) is 2. The van der Waals surface area contributed by atoms with Gasteiger partial charge in [0.2, 0.25) is 0 Å². The van der Waals surface area contributed by atoms with Crippen LogP contribution in [0.15, 0.2) is 18.2 Å². The monoisotopic (exact) mass is 439 g/mol. The molecular weight excluding hydrogens is 421 g/mol. The minimum Gasteiger partial charge on any atom is -0.394 e. The van der Waals surface area contributed by atoms with Gasteiger partial charge in [0, 0.05) is 40.3 Å². The molecule has 2 heterocycles. The molecule has 6 nitrogen and oxygen atoms in total. The van der Waals surface area contributed by atoms with Gasteiger partial charge >= 0.3 is 0 Å². The van der Waals surface area contributed by atoms with Crippen LogP contribution < -0.4 is 10.2 Å². The molecule has 9 heteroatoms. The maximum Gasteiger partial charge on any atom is 0.262 e. The number of rotatable bonds is 5. The summed E-state index contributed by atoms with van der Waals surface area (Å²) in [5.74, 6) is -0.358. The summed E-state index contributed by atoms with van der Waals surface area (Å²) in [6, 6.07) is 6.81. The normalized spacial score (nSPS) is 15.2. The predicted octanol–water partition coefficient (Wildman–Crippen LogP) is 3.54. The minimum atomic E-state index is -0.416. The fraction of sp³-hybridized carbons (Fsp3) is 0.368. The number of hydrogen-bond donors (Lipinski definition) is 2. The van der Waals surface area contributed by atoms with E-state index in [2.05, 4.69) is 11.4 Å². The van der Waals surface area contributed by atoms with E-state index < -0.39 is 6.04 Å². The number of carbonyl (C=O) groups is 1. The number of ether oxygens (including phenoxy) is 1. The van der Waals surface area contributed by atoms with Gasteiger partial charge in [-0.2, -0.15) is 5.26 Å². The zero-order valence-corrected chi connectivity index (χ0v) is 17.5. The van der Waals surface area contributed by atoms with Crippen LogP contribution in [0.3, 0.4) is 0 Å². The van der Waals surface area contributed by atoms with Crippen molar-refractivity contribution >= 4 is 45.4 Å². The van der Waals surface area contributed by atoms with Gasteiger partial charge < -0.3 is 20.1 Å². The van der Waals surface area contributed by atoms with Crippen molar-refractivity contribution in [2.45, 2.75) is 13.0 Å². The Balaban J connectivity index is 2.17. The number of carbonyl (C=O) groups excluding carboxylic acids is 1. The molecular formula is C19H19Cl2N3O3S. The first kappa shape index (κ1) is 20.9. The molecule has 1 aromatic heterocycles. The van der Waals surface area contributed by atoms with E-state index in [4.69, 9.17) is 27.9 Å². The number of hydrogen-bond acceptors (Lipinski definition) is 6. The molecule has 1 amide bonds. The summed E-state index contributed by atoms with van der Waals surface area (Å²) in [6.45, 7) is 3.91. The largest absolute Gasteiger partial charge is 0.394 e. The van der Waals surface area contributed by atoms with Crippen molar-refractivity contribution in [1.29, 1.82) is 5.26 Å². The molecule has 1 fully saturated rings. The molecule has 148 valence electrons. The average Bonchev–Trinajstić information content (AvgIpc) is 3.08. The summed E-state index contributed by atoms with van der Waals surface area (Å²) >= 11 is 13.7. The van der Waals surface area contributed by atoms with Crippen LogP contribution in [-0.2, 0) is 4.74 Å². The third-order valence-electron chi connectivity index (χ3n) is 4.36. The van der Waals surface area contributed by atoms with Crippen LogP contribution in [0.25, 0.3) is 11.1 Å². The fourth-order valence-electron chi connectivity index (χ4n) is 2.96. The van der Waals surface area contributed by atoms with Crippen molar-refractivity contribution in [3.8, 4) is 17.2 Å².